The molecule has 1 N–H and O–H groups in total. The first kappa shape index (κ1) is 30.5. The van der Waals surface area contributed by atoms with E-state index in [4.69, 9.17) is 9.27 Å². The van der Waals surface area contributed by atoms with Crippen molar-refractivity contribution in [3.63, 3.8) is 0 Å². The highest BCUT2D eigenvalue weighted by molar-refractivity contribution is 7.86. The Balaban J connectivity index is 1.53. The number of hydrogen-bond acceptors (Lipinski definition) is 9. The number of nitrogens with zero attached hydrogens (tertiary/aromatic N) is 4. The molecular formula is C33H25N5O6S2. The number of thiazole rings is 1. The largest absolute Gasteiger partial charge is 0.358 e. The summed E-state index contributed by atoms with van der Waals surface area (Å²) < 4.78 is 32.3. The van der Waals surface area contributed by atoms with Crippen LogP contribution < -0.4 is 5.32 Å². The van der Waals surface area contributed by atoms with Gasteiger partial charge in [0.1, 0.15) is 15.7 Å². The standard InChI is InChI=1S/C33H25N5O6S2/c1-19-12-17-24(21(3)18-19)28-29(33-34-26-10-6-7-11-27(26)45-33)30(36-32(39)25-9-5-4-8-20(25)2)35-31(28)37-44-46(42,43)23-15-13-22(14-16-23)38(40)41/h4-18H,1-3H3,(H,35,36,37,39). The van der Waals surface area contributed by atoms with Gasteiger partial charge in [0.25, 0.3) is 11.6 Å². The second-order valence-electron chi connectivity index (χ2n) is 10.5. The fourth-order valence-electron chi connectivity index (χ4n) is 5.01. The lowest BCUT2D eigenvalue weighted by molar-refractivity contribution is -0.384. The first-order valence-corrected chi connectivity index (χ1v) is 16.1. The van der Waals surface area contributed by atoms with E-state index in [1.165, 1.54) is 11.3 Å². The Bertz CT molecular complexity index is 2220. The van der Waals surface area contributed by atoms with E-state index in [2.05, 4.69) is 15.5 Å². The highest BCUT2D eigenvalue weighted by Gasteiger charge is 2.33. The Morgan fingerprint density at radius 2 is 1.63 bits per heavy atom. The Hall–Kier alpha value is -5.53. The van der Waals surface area contributed by atoms with Crippen LogP contribution in [0.2, 0.25) is 0 Å². The first-order chi connectivity index (χ1) is 22.0. The molecule has 13 heteroatoms. The first-order valence-electron chi connectivity index (χ1n) is 13.9. The van der Waals surface area contributed by atoms with E-state index in [1.54, 1.807) is 12.1 Å². The third kappa shape index (κ3) is 5.93. The number of fused-ring (bicyclic) bond motifs is 1. The predicted octanol–water partition coefficient (Wildman–Crippen LogP) is 6.60. The van der Waals surface area contributed by atoms with Gasteiger partial charge in [0.15, 0.2) is 0 Å². The van der Waals surface area contributed by atoms with E-state index in [0.29, 0.717) is 27.3 Å². The fourth-order valence-corrected chi connectivity index (χ4v) is 6.75. The molecule has 46 heavy (non-hydrogen) atoms. The third-order valence-electron chi connectivity index (χ3n) is 7.27. The fraction of sp³-hybridized carbons (Fsp3) is 0.0909. The Kier molecular flexibility index (Phi) is 8.02. The number of benzene rings is 4. The van der Waals surface area contributed by atoms with E-state index in [9.17, 15) is 23.3 Å². The maximum Gasteiger partial charge on any atom is 0.358 e. The molecule has 1 aliphatic rings. The van der Waals surface area contributed by atoms with Crippen LogP contribution in [0.3, 0.4) is 0 Å². The van der Waals surface area contributed by atoms with Crippen LogP contribution in [0.25, 0.3) is 21.4 Å². The van der Waals surface area contributed by atoms with E-state index >= 15 is 0 Å². The minimum absolute atomic E-state index is 0.105. The molecular weight excluding hydrogens is 627 g/mol. The molecule has 11 nitrogen and oxygen atoms in total. The van der Waals surface area contributed by atoms with Gasteiger partial charge < -0.3 is 5.32 Å². The zero-order chi connectivity index (χ0) is 32.6. The van der Waals surface area contributed by atoms with Crippen molar-refractivity contribution < 1.29 is 22.4 Å². The molecule has 0 unspecified atom stereocenters. The number of carbonyl (C=O) groups is 1. The quantitative estimate of drug-likeness (QED) is 0.154. The van der Waals surface area contributed by atoms with Crippen molar-refractivity contribution in [2.45, 2.75) is 25.7 Å². The minimum atomic E-state index is -4.51. The van der Waals surface area contributed by atoms with Crippen molar-refractivity contribution in [2.24, 2.45) is 10.1 Å². The molecule has 1 aromatic heterocycles. The van der Waals surface area contributed by atoms with Crippen molar-refractivity contribution in [2.75, 3.05) is 0 Å². The summed E-state index contributed by atoms with van der Waals surface area (Å²) in [6.07, 6.45) is 0. The number of aromatic nitrogens is 1. The molecule has 0 radical (unpaired) electrons. The van der Waals surface area contributed by atoms with Crippen LogP contribution in [0.1, 0.15) is 37.6 Å². The van der Waals surface area contributed by atoms with Crippen LogP contribution in [-0.4, -0.2) is 35.9 Å². The molecule has 5 aromatic rings. The second-order valence-corrected chi connectivity index (χ2v) is 13.0. The smallest absolute Gasteiger partial charge is 0.306 e. The summed E-state index contributed by atoms with van der Waals surface area (Å²) in [5.41, 5.74) is 5.04. The van der Waals surface area contributed by atoms with E-state index in [1.807, 2.05) is 75.4 Å². The lowest BCUT2D eigenvalue weighted by Crippen LogP contribution is -2.31. The monoisotopic (exact) mass is 651 g/mol. The van der Waals surface area contributed by atoms with Gasteiger partial charge in [0.05, 0.1) is 20.7 Å². The molecule has 1 aliphatic heterocycles. The lowest BCUT2D eigenvalue weighted by Gasteiger charge is -2.12. The summed E-state index contributed by atoms with van der Waals surface area (Å²) in [5, 5.41) is 18.5. The van der Waals surface area contributed by atoms with Crippen LogP contribution in [0.15, 0.2) is 106 Å². The minimum Gasteiger partial charge on any atom is -0.306 e. The number of nitro groups is 1. The molecule has 0 atom stereocenters. The number of nitrogens with one attached hydrogen (secondary N) is 1. The summed E-state index contributed by atoms with van der Waals surface area (Å²) in [5.74, 6) is -0.403. The third-order valence-corrected chi connectivity index (χ3v) is 9.44. The summed E-state index contributed by atoms with van der Waals surface area (Å²) in [6.45, 7) is 5.68. The van der Waals surface area contributed by atoms with Gasteiger partial charge in [0.2, 0.25) is 5.84 Å². The van der Waals surface area contributed by atoms with Crippen molar-refractivity contribution in [1.82, 2.24) is 10.3 Å². The maximum atomic E-state index is 13.6. The van der Waals surface area contributed by atoms with Gasteiger partial charge in [-0.25, -0.2) is 9.98 Å². The van der Waals surface area contributed by atoms with Crippen LogP contribution in [0.4, 0.5) is 5.69 Å². The second kappa shape index (κ2) is 12.1. The number of rotatable bonds is 7. The Morgan fingerprint density at radius 1 is 0.913 bits per heavy atom. The van der Waals surface area contributed by atoms with Gasteiger partial charge in [-0.2, -0.15) is 8.42 Å². The number of amides is 1. The number of nitro benzene ring substituents is 1. The van der Waals surface area contributed by atoms with Gasteiger partial charge in [0, 0.05) is 23.3 Å². The SMILES string of the molecule is Cc1ccc(C2=C(c3nc4ccccc4s3)C(NC(=O)c3ccccc3C)=N/C2=N\OS(=O)(=O)c2ccc([N+](=O)[O-])cc2)c(C)c1. The molecule has 2 heterocycles. The van der Waals surface area contributed by atoms with Crippen molar-refractivity contribution in [3.8, 4) is 0 Å². The maximum absolute atomic E-state index is 13.6. The normalized spacial score (nSPS) is 14.1. The number of aryl methyl sites for hydroxylation is 3. The molecule has 230 valence electrons. The number of oxime groups is 1. The molecule has 0 saturated heterocycles. The van der Waals surface area contributed by atoms with Gasteiger partial charge in [-0.3, -0.25) is 19.2 Å². The summed E-state index contributed by atoms with van der Waals surface area (Å²) in [4.78, 5) is 33.1. The molecule has 0 aliphatic carbocycles. The van der Waals surface area contributed by atoms with Crippen molar-refractivity contribution in [1.29, 1.82) is 0 Å². The summed E-state index contributed by atoms with van der Waals surface area (Å²) >= 11 is 1.39. The molecule has 6 rings (SSSR count). The Labute approximate surface area is 267 Å². The molecule has 1 amide bonds. The van der Waals surface area contributed by atoms with Crippen molar-refractivity contribution in [3.05, 3.63) is 134 Å². The zero-order valence-electron chi connectivity index (χ0n) is 24.7. The van der Waals surface area contributed by atoms with Crippen LogP contribution in [-0.2, 0) is 14.4 Å². The van der Waals surface area contributed by atoms with Crippen LogP contribution >= 0.6 is 11.3 Å². The Morgan fingerprint density at radius 3 is 2.33 bits per heavy atom. The number of carbonyl (C=O) groups excluding carboxylic acids is 1. The topological polar surface area (TPSA) is 153 Å². The van der Waals surface area contributed by atoms with E-state index in [0.717, 1.165) is 51.2 Å². The number of amidine groups is 2. The molecule has 4 aromatic carbocycles. The number of para-hydroxylation sites is 1. The molecule has 0 bridgehead atoms. The molecule has 0 spiro atoms. The number of non-ortho nitro benzene ring substituents is 1. The van der Waals surface area contributed by atoms with Gasteiger partial charge >= 0.3 is 10.1 Å². The summed E-state index contributed by atoms with van der Waals surface area (Å²) in [6, 6.07) is 24.7. The van der Waals surface area contributed by atoms with Crippen molar-refractivity contribution >= 4 is 66.1 Å². The van der Waals surface area contributed by atoms with E-state index < -0.39 is 20.9 Å². The van der Waals surface area contributed by atoms with Gasteiger partial charge in [-0.05, 0) is 72.9 Å². The number of hydrogen-bond donors (Lipinski definition) is 1. The highest BCUT2D eigenvalue weighted by Crippen LogP contribution is 2.39. The van der Waals surface area contributed by atoms with Gasteiger partial charge in [-0.15, -0.1) is 11.3 Å². The van der Waals surface area contributed by atoms with Gasteiger partial charge in [-0.1, -0.05) is 54.1 Å². The zero-order valence-corrected chi connectivity index (χ0v) is 26.3. The lowest BCUT2D eigenvalue weighted by atomic mass is 9.95. The average Bonchev–Trinajstić information content (AvgIpc) is 3.61. The van der Waals surface area contributed by atoms with Crippen LogP contribution in [0, 0.1) is 30.9 Å². The predicted molar refractivity (Wildman–Crippen MR) is 177 cm³/mol. The summed E-state index contributed by atoms with van der Waals surface area (Å²) in [7, 11) is -4.51. The molecule has 0 fully saturated rings. The van der Waals surface area contributed by atoms with Crippen LogP contribution in [0.5, 0.6) is 0 Å². The molecule has 0 saturated carbocycles. The number of aliphatic imine (C=N–C) groups is 1. The highest BCUT2D eigenvalue weighted by atomic mass is 32.2. The average molecular weight is 652 g/mol. The van der Waals surface area contributed by atoms with E-state index in [-0.39, 0.29) is 22.3 Å².